The highest BCUT2D eigenvalue weighted by Gasteiger charge is 2.25. The van der Waals surface area contributed by atoms with E-state index in [4.69, 9.17) is 5.73 Å². The molecule has 0 aliphatic heterocycles. The van der Waals surface area contributed by atoms with Gasteiger partial charge in [0.25, 0.3) is 0 Å². The predicted octanol–water partition coefficient (Wildman–Crippen LogP) is 3.39. The van der Waals surface area contributed by atoms with E-state index in [2.05, 4.69) is 10.3 Å². The highest BCUT2D eigenvalue weighted by Crippen LogP contribution is 2.26. The fraction of sp³-hybridized carbons (Fsp3) is 0.412. The van der Waals surface area contributed by atoms with Gasteiger partial charge in [-0.2, -0.15) is 0 Å². The van der Waals surface area contributed by atoms with E-state index in [0.29, 0.717) is 0 Å². The summed E-state index contributed by atoms with van der Waals surface area (Å²) in [6.07, 6.45) is 7.45. The average Bonchev–Trinajstić information content (AvgIpc) is 2.94. The highest BCUT2D eigenvalue weighted by atomic mass is 35.5. The van der Waals surface area contributed by atoms with E-state index in [1.165, 1.54) is 0 Å². The van der Waals surface area contributed by atoms with Gasteiger partial charge in [0.15, 0.2) is 0 Å². The van der Waals surface area contributed by atoms with E-state index in [0.717, 1.165) is 42.8 Å². The van der Waals surface area contributed by atoms with Crippen LogP contribution in [0.2, 0.25) is 0 Å². The number of hydrogen-bond acceptors (Lipinski definition) is 3. The standard InChI is InChI=1S/C17H22N4O.2ClH/c1-21-9-8-19-16(21)12-4-3-7-15(11-12)20-17(22)13-5-2-6-14(18)10-13;;/h3-4,7-9,11,13-14H,2,5-6,10,18H2,1H3,(H,20,22);2*1H. The number of carbonyl (C=O) groups is 1. The molecule has 1 saturated carbocycles. The summed E-state index contributed by atoms with van der Waals surface area (Å²) in [5.41, 5.74) is 7.77. The molecule has 2 atom stereocenters. The summed E-state index contributed by atoms with van der Waals surface area (Å²) in [5, 5.41) is 3.02. The molecule has 1 aromatic heterocycles. The summed E-state index contributed by atoms with van der Waals surface area (Å²) < 4.78 is 1.96. The summed E-state index contributed by atoms with van der Waals surface area (Å²) in [5.74, 6) is 0.989. The molecule has 24 heavy (non-hydrogen) atoms. The van der Waals surface area contributed by atoms with Crippen LogP contribution in [0.1, 0.15) is 25.7 Å². The van der Waals surface area contributed by atoms with Crippen molar-refractivity contribution >= 4 is 36.4 Å². The van der Waals surface area contributed by atoms with Crippen molar-refractivity contribution in [1.29, 1.82) is 0 Å². The van der Waals surface area contributed by atoms with Crippen LogP contribution < -0.4 is 11.1 Å². The number of nitrogens with two attached hydrogens (primary N) is 1. The minimum absolute atomic E-state index is 0. The van der Waals surface area contributed by atoms with Crippen LogP contribution in [-0.4, -0.2) is 21.5 Å². The Bertz CT molecular complexity index is 674. The van der Waals surface area contributed by atoms with Crippen LogP contribution in [0.3, 0.4) is 0 Å². The summed E-state index contributed by atoms with van der Waals surface area (Å²) in [6.45, 7) is 0. The van der Waals surface area contributed by atoms with E-state index in [1.807, 2.05) is 42.1 Å². The van der Waals surface area contributed by atoms with E-state index >= 15 is 0 Å². The predicted molar refractivity (Wildman–Crippen MR) is 102 cm³/mol. The second kappa shape index (κ2) is 9.06. The lowest BCUT2D eigenvalue weighted by atomic mass is 9.85. The van der Waals surface area contributed by atoms with Crippen molar-refractivity contribution in [3.63, 3.8) is 0 Å². The van der Waals surface area contributed by atoms with Gasteiger partial charge < -0.3 is 15.6 Å². The zero-order valence-electron chi connectivity index (χ0n) is 13.6. The summed E-state index contributed by atoms with van der Waals surface area (Å²) >= 11 is 0. The lowest BCUT2D eigenvalue weighted by Gasteiger charge is -2.25. The number of anilines is 1. The molecule has 0 spiro atoms. The molecule has 5 nitrogen and oxygen atoms in total. The molecule has 1 amide bonds. The van der Waals surface area contributed by atoms with Crippen molar-refractivity contribution in [3.05, 3.63) is 36.7 Å². The summed E-state index contributed by atoms with van der Waals surface area (Å²) in [7, 11) is 1.96. The minimum atomic E-state index is 0. The van der Waals surface area contributed by atoms with E-state index in [9.17, 15) is 4.79 Å². The Hall–Kier alpha value is -1.56. The number of rotatable bonds is 3. The lowest BCUT2D eigenvalue weighted by molar-refractivity contribution is -0.120. The van der Waals surface area contributed by atoms with Crippen LogP contribution in [0.15, 0.2) is 36.7 Å². The Morgan fingerprint density at radius 2 is 2.12 bits per heavy atom. The highest BCUT2D eigenvalue weighted by molar-refractivity contribution is 5.93. The van der Waals surface area contributed by atoms with E-state index in [-0.39, 0.29) is 42.7 Å². The van der Waals surface area contributed by atoms with Gasteiger partial charge in [-0.3, -0.25) is 4.79 Å². The monoisotopic (exact) mass is 370 g/mol. The molecule has 1 aliphatic rings. The van der Waals surface area contributed by atoms with Crippen LogP contribution in [0, 0.1) is 5.92 Å². The third kappa shape index (κ3) is 4.72. The third-order valence-corrected chi connectivity index (χ3v) is 4.30. The van der Waals surface area contributed by atoms with Crippen LogP contribution in [0.4, 0.5) is 5.69 Å². The Balaban J connectivity index is 0.00000144. The molecule has 3 rings (SSSR count). The van der Waals surface area contributed by atoms with Gasteiger partial charge in [0.05, 0.1) is 0 Å². The summed E-state index contributed by atoms with van der Waals surface area (Å²) in [6, 6.07) is 7.96. The molecule has 3 N–H and O–H groups in total. The first-order chi connectivity index (χ1) is 10.6. The van der Waals surface area contributed by atoms with Crippen LogP contribution in [-0.2, 0) is 11.8 Å². The second-order valence-corrected chi connectivity index (χ2v) is 6.06. The van der Waals surface area contributed by atoms with Crippen molar-refractivity contribution in [3.8, 4) is 11.4 Å². The Kier molecular flexibility index (Phi) is 7.73. The molecule has 0 radical (unpaired) electrons. The maximum Gasteiger partial charge on any atom is 0.227 e. The summed E-state index contributed by atoms with van der Waals surface area (Å²) in [4.78, 5) is 16.7. The molecular weight excluding hydrogens is 347 g/mol. The fourth-order valence-electron chi connectivity index (χ4n) is 3.09. The first-order valence-corrected chi connectivity index (χ1v) is 7.77. The smallest absolute Gasteiger partial charge is 0.227 e. The van der Waals surface area contributed by atoms with Crippen molar-refractivity contribution in [2.75, 3.05) is 5.32 Å². The van der Waals surface area contributed by atoms with Crippen molar-refractivity contribution in [2.45, 2.75) is 31.7 Å². The molecule has 0 saturated heterocycles. The maximum atomic E-state index is 12.4. The molecule has 1 fully saturated rings. The Labute approximate surface area is 154 Å². The molecule has 2 unspecified atom stereocenters. The van der Waals surface area contributed by atoms with Gasteiger partial charge in [0.2, 0.25) is 5.91 Å². The minimum Gasteiger partial charge on any atom is -0.334 e. The van der Waals surface area contributed by atoms with Gasteiger partial charge >= 0.3 is 0 Å². The van der Waals surface area contributed by atoms with Crippen molar-refractivity contribution < 1.29 is 4.79 Å². The number of aromatic nitrogens is 2. The first kappa shape index (κ1) is 20.5. The van der Waals surface area contributed by atoms with Gasteiger partial charge in [-0.05, 0) is 31.4 Å². The average molecular weight is 371 g/mol. The molecule has 132 valence electrons. The molecule has 1 aliphatic carbocycles. The second-order valence-electron chi connectivity index (χ2n) is 6.06. The van der Waals surface area contributed by atoms with Gasteiger partial charge in [-0.1, -0.05) is 18.6 Å². The van der Waals surface area contributed by atoms with Gasteiger partial charge in [-0.25, -0.2) is 4.98 Å². The number of imidazole rings is 1. The Morgan fingerprint density at radius 1 is 1.33 bits per heavy atom. The molecular formula is C17H24Cl2N4O. The maximum absolute atomic E-state index is 12.4. The number of carbonyl (C=O) groups excluding carboxylic acids is 1. The normalized spacial score (nSPS) is 19.8. The van der Waals surface area contributed by atoms with Crippen molar-refractivity contribution in [1.82, 2.24) is 9.55 Å². The first-order valence-electron chi connectivity index (χ1n) is 7.77. The fourth-order valence-corrected chi connectivity index (χ4v) is 3.09. The molecule has 0 bridgehead atoms. The number of nitrogens with zero attached hydrogens (tertiary/aromatic N) is 2. The molecule has 2 aromatic rings. The number of benzene rings is 1. The number of aryl methyl sites for hydroxylation is 1. The Morgan fingerprint density at radius 3 is 2.79 bits per heavy atom. The largest absolute Gasteiger partial charge is 0.334 e. The zero-order valence-corrected chi connectivity index (χ0v) is 15.3. The topological polar surface area (TPSA) is 72.9 Å². The van der Waals surface area contributed by atoms with Gasteiger partial charge in [0.1, 0.15) is 5.82 Å². The van der Waals surface area contributed by atoms with Crippen molar-refractivity contribution in [2.24, 2.45) is 18.7 Å². The van der Waals surface area contributed by atoms with Crippen LogP contribution in [0.25, 0.3) is 11.4 Å². The molecule has 1 aromatic carbocycles. The van der Waals surface area contributed by atoms with Gasteiger partial charge in [-0.15, -0.1) is 24.8 Å². The van der Waals surface area contributed by atoms with Crippen LogP contribution >= 0.6 is 24.8 Å². The van der Waals surface area contributed by atoms with E-state index < -0.39 is 0 Å². The number of halogens is 2. The quantitative estimate of drug-likeness (QED) is 0.869. The molecule has 7 heteroatoms. The number of amides is 1. The number of hydrogen-bond donors (Lipinski definition) is 2. The third-order valence-electron chi connectivity index (χ3n) is 4.30. The van der Waals surface area contributed by atoms with Crippen LogP contribution in [0.5, 0.6) is 0 Å². The van der Waals surface area contributed by atoms with Gasteiger partial charge in [0, 0.05) is 42.7 Å². The zero-order chi connectivity index (χ0) is 15.5. The van der Waals surface area contributed by atoms with E-state index in [1.54, 1.807) is 6.20 Å². The number of nitrogens with one attached hydrogen (secondary N) is 1. The SMILES string of the molecule is Cl.Cl.Cn1ccnc1-c1cccc(NC(=O)C2CCCC(N)C2)c1. The molecule has 1 heterocycles. The lowest BCUT2D eigenvalue weighted by Crippen LogP contribution is -2.34.